The van der Waals surface area contributed by atoms with E-state index in [0.717, 1.165) is 28.3 Å². The summed E-state index contributed by atoms with van der Waals surface area (Å²) in [6.07, 6.45) is 0. The van der Waals surface area contributed by atoms with Crippen molar-refractivity contribution in [3.63, 3.8) is 0 Å². The van der Waals surface area contributed by atoms with Gasteiger partial charge in [0.05, 0.1) is 16.7 Å². The predicted octanol–water partition coefficient (Wildman–Crippen LogP) is 16.6. The summed E-state index contributed by atoms with van der Waals surface area (Å²) in [4.78, 5) is 2.33. The molecule has 0 bridgehead atoms. The van der Waals surface area contributed by atoms with Gasteiger partial charge in [0.25, 0.3) is 0 Å². The van der Waals surface area contributed by atoms with Crippen molar-refractivity contribution in [3.05, 3.63) is 255 Å². The summed E-state index contributed by atoms with van der Waals surface area (Å²) < 4.78 is 2.48. The van der Waals surface area contributed by atoms with Crippen molar-refractivity contribution < 1.29 is 0 Å². The molecule has 0 saturated heterocycles. The molecule has 2 nitrogen and oxygen atoms in total. The van der Waals surface area contributed by atoms with Gasteiger partial charge in [0.1, 0.15) is 0 Å². The Balaban J connectivity index is 0.977. The molecule has 0 atom stereocenters. The highest BCUT2D eigenvalue weighted by molar-refractivity contribution is 6.14. The third kappa shape index (κ3) is 6.84. The monoisotopic (exact) mass is 790 g/mol. The summed E-state index contributed by atoms with van der Waals surface area (Å²) in [6, 6.07) is 91.9. The van der Waals surface area contributed by atoms with Gasteiger partial charge in [-0.15, -0.1) is 0 Å². The molecule has 11 aromatic rings. The van der Waals surface area contributed by atoms with Gasteiger partial charge in [-0.25, -0.2) is 0 Å². The van der Waals surface area contributed by atoms with Crippen LogP contribution in [-0.4, -0.2) is 4.57 Å². The fraction of sp³-hybridized carbons (Fsp3) is 0. The number of para-hydroxylation sites is 4. The fourth-order valence-electron chi connectivity index (χ4n) is 9.01. The van der Waals surface area contributed by atoms with E-state index in [1.54, 1.807) is 0 Å². The highest BCUT2D eigenvalue weighted by Crippen LogP contribution is 2.42. The summed E-state index contributed by atoms with van der Waals surface area (Å²) >= 11 is 0. The Morgan fingerprint density at radius 2 is 0.677 bits per heavy atom. The standard InChI is InChI=1S/C60H42N2/c1-4-16-43(17-5-1)45-30-32-46(33-31-45)47-34-38-52(39-35-47)61(51-22-8-3-9-23-51)53-40-36-48(37-41-53)54-24-10-12-28-58(54)62-59-29-13-11-25-56(59)57-27-15-26-55(60(57)62)50-21-14-20-49(42-50)44-18-6-2-7-19-44/h1-42H. The van der Waals surface area contributed by atoms with Crippen molar-refractivity contribution in [2.45, 2.75) is 0 Å². The van der Waals surface area contributed by atoms with E-state index in [-0.39, 0.29) is 0 Å². The average Bonchev–Trinajstić information content (AvgIpc) is 3.70. The molecule has 0 aliphatic rings. The molecule has 2 heteroatoms. The zero-order chi connectivity index (χ0) is 41.2. The maximum atomic E-state index is 2.48. The van der Waals surface area contributed by atoms with Crippen molar-refractivity contribution in [1.29, 1.82) is 0 Å². The Hall–Kier alpha value is -8.20. The topological polar surface area (TPSA) is 8.17 Å². The van der Waals surface area contributed by atoms with Gasteiger partial charge in [0.15, 0.2) is 0 Å². The van der Waals surface area contributed by atoms with Crippen LogP contribution in [0.5, 0.6) is 0 Å². The molecule has 0 aliphatic heterocycles. The number of rotatable bonds is 9. The van der Waals surface area contributed by atoms with Gasteiger partial charge in [-0.3, -0.25) is 0 Å². The quantitative estimate of drug-likeness (QED) is 0.141. The van der Waals surface area contributed by atoms with E-state index in [0.29, 0.717) is 0 Å². The summed E-state index contributed by atoms with van der Waals surface area (Å²) in [5, 5.41) is 2.48. The lowest BCUT2D eigenvalue weighted by atomic mass is 9.97. The molecule has 1 aromatic heterocycles. The maximum absolute atomic E-state index is 2.48. The molecule has 62 heavy (non-hydrogen) atoms. The number of anilines is 3. The average molecular weight is 791 g/mol. The normalized spacial score (nSPS) is 11.2. The lowest BCUT2D eigenvalue weighted by Crippen LogP contribution is -2.09. The van der Waals surface area contributed by atoms with Gasteiger partial charge < -0.3 is 9.47 Å². The van der Waals surface area contributed by atoms with Gasteiger partial charge in [0, 0.05) is 39.0 Å². The molecule has 0 unspecified atom stereocenters. The maximum Gasteiger partial charge on any atom is 0.0619 e. The second-order valence-electron chi connectivity index (χ2n) is 15.7. The predicted molar refractivity (Wildman–Crippen MR) is 263 cm³/mol. The molecule has 0 N–H and O–H groups in total. The second-order valence-corrected chi connectivity index (χ2v) is 15.7. The SMILES string of the molecule is c1ccc(-c2ccc(-c3ccc(N(c4ccccc4)c4ccc(-c5ccccc5-n5c6ccccc6c6cccc(-c7cccc(-c8ccccc8)c7)c65)cc4)cc3)cc2)cc1. The summed E-state index contributed by atoms with van der Waals surface area (Å²) in [5.74, 6) is 0. The zero-order valence-corrected chi connectivity index (χ0v) is 34.1. The van der Waals surface area contributed by atoms with Crippen LogP contribution in [0.1, 0.15) is 0 Å². The van der Waals surface area contributed by atoms with Crippen molar-refractivity contribution in [1.82, 2.24) is 4.57 Å². The van der Waals surface area contributed by atoms with Crippen molar-refractivity contribution in [3.8, 4) is 61.3 Å². The number of fused-ring (bicyclic) bond motifs is 3. The highest BCUT2D eigenvalue weighted by atomic mass is 15.1. The smallest absolute Gasteiger partial charge is 0.0619 e. The molecule has 10 aromatic carbocycles. The molecule has 0 amide bonds. The molecule has 1 heterocycles. The van der Waals surface area contributed by atoms with Crippen molar-refractivity contribution in [2.24, 2.45) is 0 Å². The summed E-state index contributed by atoms with van der Waals surface area (Å²) in [5.41, 5.74) is 18.8. The van der Waals surface area contributed by atoms with Crippen LogP contribution in [-0.2, 0) is 0 Å². The Morgan fingerprint density at radius 3 is 1.34 bits per heavy atom. The van der Waals surface area contributed by atoms with E-state index in [1.165, 1.54) is 71.9 Å². The molecular weight excluding hydrogens is 749 g/mol. The summed E-state index contributed by atoms with van der Waals surface area (Å²) in [7, 11) is 0. The first-order valence-corrected chi connectivity index (χ1v) is 21.3. The minimum Gasteiger partial charge on any atom is -0.311 e. The number of benzene rings is 10. The van der Waals surface area contributed by atoms with Gasteiger partial charge in [0.2, 0.25) is 0 Å². The lowest BCUT2D eigenvalue weighted by molar-refractivity contribution is 1.18. The molecule has 0 spiro atoms. The first kappa shape index (κ1) is 36.8. The molecular formula is C60H42N2. The highest BCUT2D eigenvalue weighted by Gasteiger charge is 2.20. The molecule has 0 radical (unpaired) electrons. The minimum atomic E-state index is 1.09. The Kier molecular flexibility index (Phi) is 9.57. The van der Waals surface area contributed by atoms with E-state index >= 15 is 0 Å². The van der Waals surface area contributed by atoms with Crippen LogP contribution in [0, 0.1) is 0 Å². The molecule has 292 valence electrons. The van der Waals surface area contributed by atoms with Crippen molar-refractivity contribution in [2.75, 3.05) is 4.90 Å². The van der Waals surface area contributed by atoms with Gasteiger partial charge in [-0.2, -0.15) is 0 Å². The first-order valence-electron chi connectivity index (χ1n) is 21.3. The zero-order valence-electron chi connectivity index (χ0n) is 34.1. The molecule has 0 fully saturated rings. The Labute approximate surface area is 362 Å². The second kappa shape index (κ2) is 16.1. The van der Waals surface area contributed by atoms with Crippen LogP contribution in [0.2, 0.25) is 0 Å². The number of hydrogen-bond acceptors (Lipinski definition) is 1. The van der Waals surface area contributed by atoms with Gasteiger partial charge in [-0.05, 0) is 99.1 Å². The van der Waals surface area contributed by atoms with Crippen LogP contribution in [0.15, 0.2) is 255 Å². The summed E-state index contributed by atoms with van der Waals surface area (Å²) in [6.45, 7) is 0. The van der Waals surface area contributed by atoms with E-state index < -0.39 is 0 Å². The van der Waals surface area contributed by atoms with Crippen LogP contribution < -0.4 is 4.90 Å². The van der Waals surface area contributed by atoms with E-state index in [1.807, 2.05) is 0 Å². The molecule has 0 aliphatic carbocycles. The first-order chi connectivity index (χ1) is 30.8. The van der Waals surface area contributed by atoms with Gasteiger partial charge in [-0.1, -0.05) is 200 Å². The number of hydrogen-bond donors (Lipinski definition) is 0. The van der Waals surface area contributed by atoms with Crippen LogP contribution >= 0.6 is 0 Å². The molecule has 11 rings (SSSR count). The van der Waals surface area contributed by atoms with Gasteiger partial charge >= 0.3 is 0 Å². The molecule has 0 saturated carbocycles. The largest absolute Gasteiger partial charge is 0.311 e. The number of nitrogens with zero attached hydrogens (tertiary/aromatic N) is 2. The lowest BCUT2D eigenvalue weighted by Gasteiger charge is -2.26. The minimum absolute atomic E-state index is 1.09. The number of aromatic nitrogens is 1. The van der Waals surface area contributed by atoms with E-state index in [2.05, 4.69) is 264 Å². The Morgan fingerprint density at radius 1 is 0.258 bits per heavy atom. The Bertz CT molecular complexity index is 3290. The third-order valence-corrected chi connectivity index (χ3v) is 12.0. The fourth-order valence-corrected chi connectivity index (χ4v) is 9.01. The van der Waals surface area contributed by atoms with E-state index in [9.17, 15) is 0 Å². The van der Waals surface area contributed by atoms with E-state index in [4.69, 9.17) is 0 Å². The van der Waals surface area contributed by atoms with Crippen LogP contribution in [0.3, 0.4) is 0 Å². The van der Waals surface area contributed by atoms with Crippen molar-refractivity contribution >= 4 is 38.9 Å². The third-order valence-electron chi connectivity index (χ3n) is 12.0. The van der Waals surface area contributed by atoms with Crippen LogP contribution in [0.4, 0.5) is 17.1 Å². The van der Waals surface area contributed by atoms with Crippen LogP contribution in [0.25, 0.3) is 83.1 Å².